The second-order valence-electron chi connectivity index (χ2n) is 29.8. The molecule has 7 aromatic rings. The molecule has 0 saturated carbocycles. The average molecular weight is 995 g/mol. The zero-order chi connectivity index (χ0) is 52.8. The Bertz CT molecular complexity index is 3490. The van der Waals surface area contributed by atoms with Gasteiger partial charge in [-0.2, -0.15) is 0 Å². The van der Waals surface area contributed by atoms with E-state index in [2.05, 4.69) is 249 Å². The third kappa shape index (κ3) is 7.43. The Morgan fingerprint density at radius 3 is 1.50 bits per heavy atom. The minimum Gasteiger partial charge on any atom is -0.311 e. The summed E-state index contributed by atoms with van der Waals surface area (Å²) in [6, 6.07) is 42.5. The molecule has 0 spiro atoms. The Balaban J connectivity index is 1.25. The van der Waals surface area contributed by atoms with Gasteiger partial charge in [0.1, 0.15) is 0 Å². The predicted molar refractivity (Wildman–Crippen MR) is 325 cm³/mol. The molecule has 0 saturated heterocycles. The van der Waals surface area contributed by atoms with Crippen LogP contribution in [0.5, 0.6) is 0 Å². The molecule has 6 aromatic carbocycles. The Morgan fingerprint density at radius 2 is 0.932 bits per heavy atom. The first kappa shape index (κ1) is 49.8. The quantitative estimate of drug-likeness (QED) is 0.163. The van der Waals surface area contributed by atoms with E-state index in [9.17, 15) is 0 Å². The molecule has 0 atom stereocenters. The third-order valence-electron chi connectivity index (χ3n) is 19.8. The van der Waals surface area contributed by atoms with E-state index in [1.165, 1.54) is 148 Å². The van der Waals surface area contributed by atoms with Gasteiger partial charge in [0.15, 0.2) is 0 Å². The molecule has 1 aromatic heterocycles. The van der Waals surface area contributed by atoms with Crippen molar-refractivity contribution in [2.75, 3.05) is 9.80 Å². The van der Waals surface area contributed by atoms with E-state index >= 15 is 0 Å². The summed E-state index contributed by atoms with van der Waals surface area (Å²) in [5.41, 5.74) is 25.4. The van der Waals surface area contributed by atoms with Crippen LogP contribution < -0.4 is 25.5 Å². The van der Waals surface area contributed by atoms with E-state index in [0.717, 1.165) is 6.42 Å². The summed E-state index contributed by atoms with van der Waals surface area (Å²) < 4.78 is 2.88. The van der Waals surface area contributed by atoms with Gasteiger partial charge in [0, 0.05) is 43.2 Å². The lowest BCUT2D eigenvalue weighted by Crippen LogP contribution is -2.60. The molecule has 12 rings (SSSR count). The van der Waals surface area contributed by atoms with E-state index in [1.807, 2.05) is 0 Å². The van der Waals surface area contributed by atoms with E-state index in [1.54, 1.807) is 0 Å². The molecule has 0 fully saturated rings. The van der Waals surface area contributed by atoms with E-state index in [4.69, 9.17) is 0 Å². The Morgan fingerprint density at radius 1 is 0.432 bits per heavy atom. The SMILES string of the molecule is CC(C)(C)c1ccc2c(c1)B1c3sc4cc5c(cc4c3N(c3ccc4c(c3)C(C)(C)CCC4(C)C)c3cc(C(C)(C)C)cc(c31)N2c1cc2c(cc1-c1ccccc1)C(C)(C)CCC2(C)C)C(C)(C)CCC5(C)C. The minimum atomic E-state index is -0.133. The van der Waals surface area contributed by atoms with Crippen molar-refractivity contribution in [1.82, 2.24) is 0 Å². The summed E-state index contributed by atoms with van der Waals surface area (Å²) in [7, 11) is 0. The third-order valence-corrected chi connectivity index (χ3v) is 21.0. The minimum absolute atomic E-state index is 0.0264. The number of rotatable bonds is 3. The lowest BCUT2D eigenvalue weighted by atomic mass is 9.36. The van der Waals surface area contributed by atoms with Gasteiger partial charge in [0.25, 0.3) is 6.71 Å². The fourth-order valence-electron chi connectivity index (χ4n) is 14.3. The predicted octanol–water partition coefficient (Wildman–Crippen LogP) is 18.3. The molecule has 0 bridgehead atoms. The molecule has 0 amide bonds. The molecule has 0 N–H and O–H groups in total. The molecule has 5 aliphatic rings. The lowest BCUT2D eigenvalue weighted by Gasteiger charge is -2.47. The zero-order valence-electron chi connectivity index (χ0n) is 48.4. The second kappa shape index (κ2) is 15.8. The summed E-state index contributed by atoms with van der Waals surface area (Å²) in [6.45, 7) is 44.3. The number of hydrogen-bond acceptors (Lipinski definition) is 3. The van der Waals surface area contributed by atoms with E-state index in [-0.39, 0.29) is 50.0 Å². The maximum atomic E-state index is 2.79. The van der Waals surface area contributed by atoms with Crippen molar-refractivity contribution in [3.63, 3.8) is 0 Å². The first-order valence-corrected chi connectivity index (χ1v) is 29.2. The summed E-state index contributed by atoms with van der Waals surface area (Å²) in [5.74, 6) is 0. The van der Waals surface area contributed by atoms with Crippen molar-refractivity contribution < 1.29 is 0 Å². The normalized spacial score (nSPS) is 20.3. The van der Waals surface area contributed by atoms with Crippen LogP contribution in [0.3, 0.4) is 0 Å². The smallest absolute Gasteiger partial charge is 0.264 e. The Hall–Kier alpha value is -5.06. The van der Waals surface area contributed by atoms with Crippen molar-refractivity contribution in [3.8, 4) is 11.1 Å². The Kier molecular flexibility index (Phi) is 10.6. The summed E-state index contributed by atoms with van der Waals surface area (Å²) in [6.07, 6.45) is 7.10. The van der Waals surface area contributed by atoms with Gasteiger partial charge in [-0.25, -0.2) is 0 Å². The van der Waals surface area contributed by atoms with Crippen LogP contribution in [0.2, 0.25) is 0 Å². The van der Waals surface area contributed by atoms with E-state index < -0.39 is 0 Å². The van der Waals surface area contributed by atoms with Crippen molar-refractivity contribution in [3.05, 3.63) is 148 Å². The van der Waals surface area contributed by atoms with Crippen LogP contribution in [0.25, 0.3) is 21.2 Å². The lowest BCUT2D eigenvalue weighted by molar-refractivity contribution is 0.332. The largest absolute Gasteiger partial charge is 0.311 e. The average Bonchev–Trinajstić information content (AvgIpc) is 3.70. The molecule has 3 heterocycles. The van der Waals surface area contributed by atoms with Crippen molar-refractivity contribution in [1.29, 1.82) is 0 Å². The van der Waals surface area contributed by atoms with Gasteiger partial charge in [-0.3, -0.25) is 0 Å². The molecule has 0 radical (unpaired) electrons. The monoisotopic (exact) mass is 995 g/mol. The number of anilines is 6. The van der Waals surface area contributed by atoms with Crippen molar-refractivity contribution in [2.45, 2.75) is 206 Å². The summed E-state index contributed by atoms with van der Waals surface area (Å²) in [4.78, 5) is 5.54. The Labute approximate surface area is 450 Å². The maximum absolute atomic E-state index is 2.79. The summed E-state index contributed by atoms with van der Waals surface area (Å²) >= 11 is 2.08. The molecule has 4 heteroatoms. The fourth-order valence-corrected chi connectivity index (χ4v) is 15.7. The highest BCUT2D eigenvalue weighted by atomic mass is 32.1. The second-order valence-corrected chi connectivity index (χ2v) is 30.9. The van der Waals surface area contributed by atoms with Crippen LogP contribution in [-0.2, 0) is 43.3 Å². The van der Waals surface area contributed by atoms with Gasteiger partial charge in [0.2, 0.25) is 0 Å². The first-order valence-electron chi connectivity index (χ1n) is 28.3. The number of fused-ring (bicyclic) bond motifs is 9. The van der Waals surface area contributed by atoms with Crippen LogP contribution >= 0.6 is 11.3 Å². The highest BCUT2D eigenvalue weighted by Crippen LogP contribution is 2.57. The standard InChI is InChI=1S/C70H83BN2S/c1-63(2,3)43-24-27-55-54(34-43)71-60-57(35-44(64(4,5)6)36-58(60)73(55)56-40-52-50(67(11,12)30-32-69(52,15)16)38-46(56)42-22-20-19-21-23-42)72(45-25-26-48-49(37-45)66(9,10)29-28-65(48,7)8)61-47-39-51-53(41-59(47)74-62(61)71)70(17,18)33-31-68(51,13)14/h19-27,34-41H,28-33H2,1-18H3. The number of thiophene rings is 1. The topological polar surface area (TPSA) is 6.48 Å². The van der Waals surface area contributed by atoms with Gasteiger partial charge in [-0.15, -0.1) is 11.3 Å². The highest BCUT2D eigenvalue weighted by Gasteiger charge is 2.49. The van der Waals surface area contributed by atoms with Crippen molar-refractivity contribution >= 4 is 78.0 Å². The number of benzene rings is 6. The molecule has 2 nitrogen and oxygen atoms in total. The van der Waals surface area contributed by atoms with Crippen LogP contribution in [-0.4, -0.2) is 6.71 Å². The molecular weight excluding hydrogens is 912 g/mol. The molecule has 2 aliphatic heterocycles. The van der Waals surface area contributed by atoms with Crippen LogP contribution in [0, 0.1) is 0 Å². The van der Waals surface area contributed by atoms with Gasteiger partial charge in [-0.05, 0) is 197 Å². The van der Waals surface area contributed by atoms with Crippen LogP contribution in [0.1, 0.15) is 208 Å². The summed E-state index contributed by atoms with van der Waals surface area (Å²) in [5, 5.41) is 1.40. The van der Waals surface area contributed by atoms with Gasteiger partial charge >= 0.3 is 0 Å². The molecule has 74 heavy (non-hydrogen) atoms. The van der Waals surface area contributed by atoms with Crippen LogP contribution in [0.15, 0.2) is 103 Å². The fraction of sp³-hybridized carbons (Fsp3) is 0.457. The van der Waals surface area contributed by atoms with E-state index in [0.29, 0.717) is 0 Å². The maximum Gasteiger partial charge on any atom is 0.264 e. The van der Waals surface area contributed by atoms with Gasteiger partial charge in [-0.1, -0.05) is 173 Å². The molecule has 3 aliphatic carbocycles. The van der Waals surface area contributed by atoms with Gasteiger partial charge < -0.3 is 9.80 Å². The molecule has 382 valence electrons. The zero-order valence-corrected chi connectivity index (χ0v) is 49.3. The van der Waals surface area contributed by atoms with Crippen molar-refractivity contribution in [2.24, 2.45) is 0 Å². The van der Waals surface area contributed by atoms with Crippen LogP contribution in [0.4, 0.5) is 34.1 Å². The highest BCUT2D eigenvalue weighted by molar-refractivity contribution is 7.33. The first-order chi connectivity index (χ1) is 34.4. The van der Waals surface area contributed by atoms with Gasteiger partial charge in [0.05, 0.1) is 11.4 Å². The molecular formula is C70H83BN2S. The number of nitrogens with zero attached hydrogens (tertiary/aromatic N) is 2. The number of hydrogen-bond donors (Lipinski definition) is 0. The molecule has 0 unspecified atom stereocenters.